The molecule has 3 aromatic rings. The lowest BCUT2D eigenvalue weighted by Gasteiger charge is -2.05. The second-order valence-corrected chi connectivity index (χ2v) is 3.88. The van der Waals surface area contributed by atoms with Crippen molar-refractivity contribution in [2.24, 2.45) is 0 Å². The number of fused-ring (bicyclic) bond motifs is 1. The molecule has 0 unspecified atom stereocenters. The molecule has 17 heavy (non-hydrogen) atoms. The van der Waals surface area contributed by atoms with E-state index in [1.807, 2.05) is 54.6 Å². The summed E-state index contributed by atoms with van der Waals surface area (Å²) in [6, 6.07) is 17.9. The van der Waals surface area contributed by atoms with E-state index in [1.54, 1.807) is 0 Å². The largest absolute Gasteiger partial charge is 0.232 e. The highest BCUT2D eigenvalue weighted by Gasteiger charge is 2.05. The van der Waals surface area contributed by atoms with Crippen molar-refractivity contribution in [3.05, 3.63) is 67.2 Å². The fourth-order valence-electron chi connectivity index (χ4n) is 1.86. The molecule has 0 aliphatic carbocycles. The Morgan fingerprint density at radius 1 is 0.765 bits per heavy atom. The number of para-hydroxylation sites is 1. The van der Waals surface area contributed by atoms with Crippen molar-refractivity contribution in [1.29, 1.82) is 0 Å². The molecule has 1 aromatic heterocycles. The van der Waals surface area contributed by atoms with Gasteiger partial charge in [-0.3, -0.25) is 0 Å². The predicted molar refractivity (Wildman–Crippen MR) is 69.4 cm³/mol. The molecule has 0 spiro atoms. The number of nitrogens with zero attached hydrogens (tertiary/aromatic N) is 2. The van der Waals surface area contributed by atoms with Gasteiger partial charge in [0.15, 0.2) is 5.82 Å². The maximum absolute atomic E-state index is 4.56. The second-order valence-electron chi connectivity index (χ2n) is 3.88. The van der Waals surface area contributed by atoms with E-state index in [9.17, 15) is 0 Å². The zero-order valence-electron chi connectivity index (χ0n) is 9.30. The molecule has 0 aliphatic heterocycles. The Balaban J connectivity index is 2.26. The standard InChI is InChI=1S/C15H11N2/c1-11-13-9-5-6-10-14(13)17-15(16-11)12-7-3-2-4-8-12/h2-10H,1H2. The molecule has 0 saturated carbocycles. The number of benzene rings is 2. The lowest BCUT2D eigenvalue weighted by atomic mass is 10.1. The first-order chi connectivity index (χ1) is 8.34. The van der Waals surface area contributed by atoms with Crippen molar-refractivity contribution >= 4 is 10.9 Å². The van der Waals surface area contributed by atoms with Gasteiger partial charge in [0.1, 0.15) is 0 Å². The van der Waals surface area contributed by atoms with Gasteiger partial charge < -0.3 is 0 Å². The first-order valence-corrected chi connectivity index (χ1v) is 5.49. The maximum Gasteiger partial charge on any atom is 0.160 e. The highest BCUT2D eigenvalue weighted by molar-refractivity contribution is 5.83. The predicted octanol–water partition coefficient (Wildman–Crippen LogP) is 3.48. The molecular weight excluding hydrogens is 208 g/mol. The van der Waals surface area contributed by atoms with E-state index in [-0.39, 0.29) is 0 Å². The van der Waals surface area contributed by atoms with Crippen LogP contribution in [0.4, 0.5) is 0 Å². The van der Waals surface area contributed by atoms with Gasteiger partial charge in [0, 0.05) is 10.9 Å². The molecule has 2 aromatic carbocycles. The van der Waals surface area contributed by atoms with E-state index < -0.39 is 0 Å². The molecule has 0 aliphatic rings. The van der Waals surface area contributed by atoms with Crippen LogP contribution in [0.5, 0.6) is 0 Å². The highest BCUT2D eigenvalue weighted by Crippen LogP contribution is 2.20. The van der Waals surface area contributed by atoms with Gasteiger partial charge in [0.25, 0.3) is 0 Å². The normalized spacial score (nSPS) is 10.6. The SMILES string of the molecule is [CH2]c1nc(-c2ccccc2)nc2ccccc12. The maximum atomic E-state index is 4.56. The molecule has 0 bridgehead atoms. The Bertz CT molecular complexity index is 660. The monoisotopic (exact) mass is 219 g/mol. The van der Waals surface area contributed by atoms with Crippen LogP contribution in [-0.2, 0) is 0 Å². The van der Waals surface area contributed by atoms with Crippen molar-refractivity contribution in [2.45, 2.75) is 0 Å². The summed E-state index contributed by atoms with van der Waals surface area (Å²) in [5.41, 5.74) is 2.73. The van der Waals surface area contributed by atoms with Crippen LogP contribution in [0.15, 0.2) is 54.6 Å². The van der Waals surface area contributed by atoms with Crippen molar-refractivity contribution in [3.63, 3.8) is 0 Å². The first kappa shape index (κ1) is 9.97. The van der Waals surface area contributed by atoms with Crippen LogP contribution in [-0.4, -0.2) is 9.97 Å². The average Bonchev–Trinajstić information content (AvgIpc) is 2.40. The Morgan fingerprint density at radius 3 is 2.29 bits per heavy atom. The third-order valence-electron chi connectivity index (χ3n) is 2.71. The van der Waals surface area contributed by atoms with E-state index in [0.717, 1.165) is 28.0 Å². The van der Waals surface area contributed by atoms with Crippen molar-refractivity contribution in [3.8, 4) is 11.4 Å². The van der Waals surface area contributed by atoms with E-state index in [1.165, 1.54) is 0 Å². The van der Waals surface area contributed by atoms with E-state index in [4.69, 9.17) is 0 Å². The van der Waals surface area contributed by atoms with Gasteiger partial charge in [-0.2, -0.15) is 0 Å². The fraction of sp³-hybridized carbons (Fsp3) is 0. The average molecular weight is 219 g/mol. The van der Waals surface area contributed by atoms with E-state index in [2.05, 4.69) is 16.9 Å². The molecule has 81 valence electrons. The van der Waals surface area contributed by atoms with Crippen LogP contribution in [0.1, 0.15) is 5.69 Å². The smallest absolute Gasteiger partial charge is 0.160 e. The molecule has 0 fully saturated rings. The third kappa shape index (κ3) is 1.78. The summed E-state index contributed by atoms with van der Waals surface area (Å²) in [5, 5.41) is 1.01. The van der Waals surface area contributed by atoms with Gasteiger partial charge >= 0.3 is 0 Å². The lowest BCUT2D eigenvalue weighted by molar-refractivity contribution is 1.20. The van der Waals surface area contributed by atoms with Gasteiger partial charge in [-0.1, -0.05) is 48.5 Å². The number of rotatable bonds is 1. The van der Waals surface area contributed by atoms with Crippen molar-refractivity contribution in [1.82, 2.24) is 9.97 Å². The van der Waals surface area contributed by atoms with Gasteiger partial charge in [-0.15, -0.1) is 0 Å². The highest BCUT2D eigenvalue weighted by atomic mass is 14.9. The van der Waals surface area contributed by atoms with Gasteiger partial charge in [0.05, 0.1) is 11.2 Å². The van der Waals surface area contributed by atoms with Gasteiger partial charge in [-0.25, -0.2) is 9.97 Å². The minimum atomic E-state index is 0.731. The second kappa shape index (κ2) is 3.98. The van der Waals surface area contributed by atoms with E-state index >= 15 is 0 Å². The van der Waals surface area contributed by atoms with Crippen LogP contribution in [0.25, 0.3) is 22.3 Å². The summed E-state index contributed by atoms with van der Waals surface area (Å²) in [7, 11) is 0. The molecule has 2 nitrogen and oxygen atoms in total. The Kier molecular flexibility index (Phi) is 2.33. The molecule has 0 atom stereocenters. The van der Waals surface area contributed by atoms with Gasteiger partial charge in [0.2, 0.25) is 0 Å². The molecule has 0 N–H and O–H groups in total. The zero-order chi connectivity index (χ0) is 11.7. The summed E-state index contributed by atoms with van der Waals surface area (Å²) in [6.07, 6.45) is 0. The Hall–Kier alpha value is -2.22. The Morgan fingerprint density at radius 2 is 1.47 bits per heavy atom. The summed E-state index contributed by atoms with van der Waals surface area (Å²) in [4.78, 5) is 9.00. The first-order valence-electron chi connectivity index (χ1n) is 5.49. The summed E-state index contributed by atoms with van der Waals surface area (Å²) >= 11 is 0. The molecule has 0 saturated heterocycles. The minimum absolute atomic E-state index is 0.731. The van der Waals surface area contributed by atoms with Gasteiger partial charge in [-0.05, 0) is 13.0 Å². The fourth-order valence-corrected chi connectivity index (χ4v) is 1.86. The van der Waals surface area contributed by atoms with Crippen LogP contribution in [0.2, 0.25) is 0 Å². The van der Waals surface area contributed by atoms with Crippen molar-refractivity contribution in [2.75, 3.05) is 0 Å². The quantitative estimate of drug-likeness (QED) is 0.626. The molecule has 3 rings (SSSR count). The Labute approximate surface area is 100.0 Å². The number of hydrogen-bond acceptors (Lipinski definition) is 2. The summed E-state index contributed by atoms with van der Waals surface area (Å²) < 4.78 is 0. The summed E-state index contributed by atoms with van der Waals surface area (Å²) in [5.74, 6) is 0.731. The van der Waals surface area contributed by atoms with Crippen LogP contribution < -0.4 is 0 Å². The topological polar surface area (TPSA) is 25.8 Å². The summed E-state index contributed by atoms with van der Waals surface area (Å²) in [6.45, 7) is 3.98. The lowest BCUT2D eigenvalue weighted by Crippen LogP contribution is -1.93. The number of aromatic nitrogens is 2. The third-order valence-corrected chi connectivity index (χ3v) is 2.71. The molecular formula is C15H11N2. The molecule has 0 amide bonds. The zero-order valence-corrected chi connectivity index (χ0v) is 9.30. The van der Waals surface area contributed by atoms with E-state index in [0.29, 0.717) is 0 Å². The molecule has 1 heterocycles. The molecule has 2 heteroatoms. The van der Waals surface area contributed by atoms with Crippen LogP contribution in [0, 0.1) is 6.92 Å². The minimum Gasteiger partial charge on any atom is -0.232 e. The molecule has 1 radical (unpaired) electrons. The van der Waals surface area contributed by atoms with Crippen molar-refractivity contribution < 1.29 is 0 Å². The number of hydrogen-bond donors (Lipinski definition) is 0. The van der Waals surface area contributed by atoms with Crippen LogP contribution >= 0.6 is 0 Å². The van der Waals surface area contributed by atoms with Crippen LogP contribution in [0.3, 0.4) is 0 Å².